The maximum absolute atomic E-state index is 14.0. The van der Waals surface area contributed by atoms with Crippen molar-refractivity contribution < 1.29 is 13.5 Å². The topological polar surface area (TPSA) is 68.1 Å². The summed E-state index contributed by atoms with van der Waals surface area (Å²) in [6.07, 6.45) is 5.04. The van der Waals surface area contributed by atoms with Crippen LogP contribution in [0, 0.1) is 11.6 Å². The third-order valence-corrected chi connectivity index (χ3v) is 6.88. The van der Waals surface area contributed by atoms with Gasteiger partial charge in [-0.3, -0.25) is 4.79 Å². The molecule has 2 aromatic carbocycles. The second kappa shape index (κ2) is 8.60. The highest BCUT2D eigenvalue weighted by Crippen LogP contribution is 2.44. The predicted octanol–water partition coefficient (Wildman–Crippen LogP) is 5.46. The van der Waals surface area contributed by atoms with E-state index >= 15 is 0 Å². The van der Waals surface area contributed by atoms with E-state index in [9.17, 15) is 13.6 Å². The first-order chi connectivity index (χ1) is 14.8. The number of benzene rings is 2. The molecule has 164 valence electrons. The molecule has 4 nitrogen and oxygen atoms in total. The van der Waals surface area contributed by atoms with Crippen LogP contribution in [-0.4, -0.2) is 17.1 Å². The predicted molar refractivity (Wildman–Crippen MR) is 119 cm³/mol. The van der Waals surface area contributed by atoms with Gasteiger partial charge in [0.2, 0.25) is 0 Å². The van der Waals surface area contributed by atoms with Crippen LogP contribution in [-0.2, 0) is 5.41 Å². The zero-order chi connectivity index (χ0) is 22.2. The fourth-order valence-corrected chi connectivity index (χ4v) is 4.96. The second-order valence-corrected chi connectivity index (χ2v) is 8.70. The third kappa shape index (κ3) is 4.06. The lowest BCUT2D eigenvalue weighted by Crippen LogP contribution is -2.49. The Labute approximate surface area is 184 Å². The maximum Gasteiger partial charge on any atom is 0.255 e. The summed E-state index contributed by atoms with van der Waals surface area (Å²) in [7, 11) is 0. The molecular weight excluding hydrogens is 422 g/mol. The van der Waals surface area contributed by atoms with Gasteiger partial charge in [-0.25, -0.2) is 8.78 Å². The van der Waals surface area contributed by atoms with Crippen LogP contribution < -0.4 is 16.0 Å². The van der Waals surface area contributed by atoms with E-state index in [4.69, 9.17) is 22.1 Å². The number of halogens is 3. The number of hydrogen-bond donors (Lipinski definition) is 2. The zero-order valence-electron chi connectivity index (χ0n) is 17.3. The first-order valence-corrected chi connectivity index (χ1v) is 10.9. The van der Waals surface area contributed by atoms with Gasteiger partial charge in [0, 0.05) is 23.0 Å². The Hall–Kier alpha value is -2.44. The van der Waals surface area contributed by atoms with Crippen LogP contribution in [0.15, 0.2) is 47.4 Å². The second-order valence-electron chi connectivity index (χ2n) is 8.29. The monoisotopic (exact) mass is 446 g/mol. The molecule has 0 amide bonds. The van der Waals surface area contributed by atoms with E-state index in [2.05, 4.69) is 4.98 Å². The van der Waals surface area contributed by atoms with Crippen molar-refractivity contribution in [3.63, 3.8) is 0 Å². The molecule has 1 aliphatic carbocycles. The van der Waals surface area contributed by atoms with Crippen LogP contribution in [0.4, 0.5) is 8.78 Å². The summed E-state index contributed by atoms with van der Waals surface area (Å²) in [5.41, 5.74) is 6.60. The number of rotatable bonds is 5. The van der Waals surface area contributed by atoms with Crippen molar-refractivity contribution in [1.82, 2.24) is 4.98 Å². The number of ether oxygens (including phenoxy) is 1. The van der Waals surface area contributed by atoms with Crippen molar-refractivity contribution in [2.75, 3.05) is 0 Å². The maximum atomic E-state index is 14.0. The summed E-state index contributed by atoms with van der Waals surface area (Å²) in [5.74, 6) is -1.17. The first-order valence-electron chi connectivity index (χ1n) is 10.5. The molecular formula is C24H25ClF2N2O2. The summed E-state index contributed by atoms with van der Waals surface area (Å²) in [4.78, 5) is 14.6. The summed E-state index contributed by atoms with van der Waals surface area (Å²) < 4.78 is 33.6. The minimum Gasteiger partial charge on any atom is -0.489 e. The standard InChI is InChI=1S/C24H25ClF2N2O2/c1-2-22(28)24(15-3-4-19(26)20(27)12-15)8-5-16(6-9-24)31-21-11-14-7-10-29-23(30)17(14)13-18(21)25/h3-4,7,10-13,16,22H,2,5-6,8-9,28H2,1H3,(H,29,30)/t16?,22-,24?/m1/s1. The van der Waals surface area contributed by atoms with Gasteiger partial charge < -0.3 is 15.5 Å². The van der Waals surface area contributed by atoms with Crippen molar-refractivity contribution >= 4 is 22.4 Å². The van der Waals surface area contributed by atoms with Crippen molar-refractivity contribution in [3.05, 3.63) is 75.2 Å². The van der Waals surface area contributed by atoms with Gasteiger partial charge in [0.1, 0.15) is 5.75 Å². The van der Waals surface area contributed by atoms with E-state index in [1.54, 1.807) is 30.5 Å². The lowest BCUT2D eigenvalue weighted by Gasteiger charge is -2.44. The van der Waals surface area contributed by atoms with Gasteiger partial charge in [0.25, 0.3) is 5.56 Å². The van der Waals surface area contributed by atoms with E-state index in [1.165, 1.54) is 12.1 Å². The van der Waals surface area contributed by atoms with Crippen molar-refractivity contribution in [3.8, 4) is 5.75 Å². The van der Waals surface area contributed by atoms with E-state index in [0.29, 0.717) is 41.8 Å². The molecule has 1 aliphatic rings. The number of nitrogens with one attached hydrogen (secondary N) is 1. The quantitative estimate of drug-likeness (QED) is 0.547. The summed E-state index contributed by atoms with van der Waals surface area (Å²) in [6, 6.07) is 9.13. The SMILES string of the molecule is CC[C@@H](N)C1(c2ccc(F)c(F)c2)CCC(Oc2cc3cc[nH]c(=O)c3cc2Cl)CC1. The highest BCUT2D eigenvalue weighted by molar-refractivity contribution is 6.32. The fraction of sp³-hybridized carbons (Fsp3) is 0.375. The largest absolute Gasteiger partial charge is 0.489 e. The number of aromatic amines is 1. The minimum absolute atomic E-state index is 0.0839. The minimum atomic E-state index is -0.856. The van der Waals surface area contributed by atoms with Crippen molar-refractivity contribution in [1.29, 1.82) is 0 Å². The molecule has 3 N–H and O–H groups in total. The Balaban J connectivity index is 1.56. The molecule has 3 aromatic rings. The van der Waals surface area contributed by atoms with Crippen LogP contribution >= 0.6 is 11.6 Å². The number of H-pyrrole nitrogens is 1. The van der Waals surface area contributed by atoms with E-state index in [-0.39, 0.29) is 17.7 Å². The molecule has 0 spiro atoms. The van der Waals surface area contributed by atoms with Crippen molar-refractivity contribution in [2.24, 2.45) is 5.73 Å². The average Bonchev–Trinajstić information content (AvgIpc) is 2.77. The van der Waals surface area contributed by atoms with E-state index in [1.807, 2.05) is 6.92 Å². The molecule has 4 rings (SSSR count). The Bertz CT molecular complexity index is 1160. The Morgan fingerprint density at radius 1 is 1.19 bits per heavy atom. The molecule has 1 fully saturated rings. The first kappa shape index (κ1) is 21.8. The lowest BCUT2D eigenvalue weighted by atomic mass is 9.64. The van der Waals surface area contributed by atoms with E-state index in [0.717, 1.165) is 17.4 Å². The highest BCUT2D eigenvalue weighted by atomic mass is 35.5. The number of aromatic nitrogens is 1. The number of pyridine rings is 1. The molecule has 0 saturated heterocycles. The smallest absolute Gasteiger partial charge is 0.255 e. The molecule has 1 saturated carbocycles. The Morgan fingerprint density at radius 2 is 1.94 bits per heavy atom. The fourth-order valence-electron chi connectivity index (χ4n) is 4.75. The van der Waals surface area contributed by atoms with Gasteiger partial charge in [-0.2, -0.15) is 0 Å². The van der Waals surface area contributed by atoms with Gasteiger partial charge in [-0.15, -0.1) is 0 Å². The molecule has 0 bridgehead atoms. The van der Waals surface area contributed by atoms with Crippen LogP contribution in [0.3, 0.4) is 0 Å². The molecule has 1 atom stereocenters. The summed E-state index contributed by atoms with van der Waals surface area (Å²) in [6.45, 7) is 2.01. The third-order valence-electron chi connectivity index (χ3n) is 6.59. The molecule has 7 heteroatoms. The van der Waals surface area contributed by atoms with Crippen LogP contribution in [0.5, 0.6) is 5.75 Å². The van der Waals surface area contributed by atoms with Gasteiger partial charge in [-0.1, -0.05) is 24.6 Å². The zero-order valence-corrected chi connectivity index (χ0v) is 18.0. The van der Waals surface area contributed by atoms with Crippen LogP contribution in [0.1, 0.15) is 44.6 Å². The summed E-state index contributed by atoms with van der Waals surface area (Å²) >= 11 is 6.38. The van der Waals surface area contributed by atoms with Gasteiger partial charge in [0.05, 0.1) is 11.1 Å². The van der Waals surface area contributed by atoms with E-state index < -0.39 is 17.0 Å². The van der Waals surface area contributed by atoms with Crippen molar-refractivity contribution in [2.45, 2.75) is 56.6 Å². The number of fused-ring (bicyclic) bond motifs is 1. The normalized spacial score (nSPS) is 22.4. The lowest BCUT2D eigenvalue weighted by molar-refractivity contribution is 0.103. The molecule has 0 aliphatic heterocycles. The number of hydrogen-bond acceptors (Lipinski definition) is 3. The van der Waals surface area contributed by atoms with Crippen LogP contribution in [0.25, 0.3) is 10.8 Å². The summed E-state index contributed by atoms with van der Waals surface area (Å²) in [5, 5.41) is 1.64. The highest BCUT2D eigenvalue weighted by Gasteiger charge is 2.42. The molecule has 31 heavy (non-hydrogen) atoms. The Kier molecular flexibility index (Phi) is 6.04. The molecule has 0 radical (unpaired) electrons. The number of nitrogens with two attached hydrogens (primary N) is 1. The van der Waals surface area contributed by atoms with Crippen LogP contribution in [0.2, 0.25) is 5.02 Å². The molecule has 1 heterocycles. The van der Waals surface area contributed by atoms with Gasteiger partial charge in [0.15, 0.2) is 11.6 Å². The van der Waals surface area contributed by atoms with Gasteiger partial charge in [-0.05, 0) is 73.4 Å². The molecule has 1 aromatic heterocycles. The Morgan fingerprint density at radius 3 is 2.61 bits per heavy atom. The van der Waals surface area contributed by atoms with Gasteiger partial charge >= 0.3 is 0 Å². The molecule has 0 unspecified atom stereocenters. The average molecular weight is 447 g/mol.